The maximum atomic E-state index is 12.9. The van der Waals surface area contributed by atoms with Crippen LogP contribution in [-0.2, 0) is 9.59 Å². The van der Waals surface area contributed by atoms with Crippen molar-refractivity contribution in [2.45, 2.75) is 45.6 Å². The van der Waals surface area contributed by atoms with E-state index in [1.54, 1.807) is 12.1 Å². The largest absolute Gasteiger partial charge is 0.349 e. The van der Waals surface area contributed by atoms with E-state index in [4.69, 9.17) is 0 Å². The van der Waals surface area contributed by atoms with Crippen molar-refractivity contribution in [2.75, 3.05) is 26.2 Å². The maximum Gasteiger partial charge on any atom is 0.251 e. The Morgan fingerprint density at radius 1 is 0.964 bits per heavy atom. The first-order valence-electron chi connectivity index (χ1n) is 10.4. The number of nitrogens with one attached hydrogen (secondary N) is 1. The SMILES string of the molecule is CC(C)C(=O)N1CCCC(C(=O)N2CCC(NC(=O)c3ccccc3)CC2)C1. The quantitative estimate of drug-likeness (QED) is 0.865. The van der Waals surface area contributed by atoms with Crippen LogP contribution in [0.15, 0.2) is 30.3 Å². The number of carbonyl (C=O) groups is 3. The fourth-order valence-corrected chi connectivity index (χ4v) is 4.10. The molecule has 6 nitrogen and oxygen atoms in total. The Balaban J connectivity index is 1.48. The monoisotopic (exact) mass is 385 g/mol. The molecule has 0 radical (unpaired) electrons. The van der Waals surface area contributed by atoms with Crippen molar-refractivity contribution in [1.29, 1.82) is 0 Å². The summed E-state index contributed by atoms with van der Waals surface area (Å²) in [5, 5.41) is 3.08. The number of nitrogens with zero attached hydrogens (tertiary/aromatic N) is 2. The van der Waals surface area contributed by atoms with E-state index in [0.29, 0.717) is 25.2 Å². The van der Waals surface area contributed by atoms with Crippen molar-refractivity contribution in [3.8, 4) is 0 Å². The third kappa shape index (κ3) is 4.91. The second-order valence-electron chi connectivity index (χ2n) is 8.22. The Bertz CT molecular complexity index is 696. The van der Waals surface area contributed by atoms with Gasteiger partial charge in [-0.05, 0) is 37.8 Å². The molecule has 2 fully saturated rings. The molecule has 2 aliphatic rings. The maximum absolute atomic E-state index is 12.9. The van der Waals surface area contributed by atoms with E-state index in [0.717, 1.165) is 32.2 Å². The van der Waals surface area contributed by atoms with Gasteiger partial charge in [0, 0.05) is 43.7 Å². The summed E-state index contributed by atoms with van der Waals surface area (Å²) in [7, 11) is 0. The minimum absolute atomic E-state index is 0.0298. The van der Waals surface area contributed by atoms with Crippen molar-refractivity contribution in [3.63, 3.8) is 0 Å². The molecule has 152 valence electrons. The minimum atomic E-state index is -0.0908. The van der Waals surface area contributed by atoms with Crippen LogP contribution in [0, 0.1) is 11.8 Å². The lowest BCUT2D eigenvalue weighted by Gasteiger charge is -2.38. The van der Waals surface area contributed by atoms with Crippen molar-refractivity contribution in [1.82, 2.24) is 15.1 Å². The van der Waals surface area contributed by atoms with Crippen LogP contribution in [0.5, 0.6) is 0 Å². The molecule has 1 atom stereocenters. The highest BCUT2D eigenvalue weighted by Crippen LogP contribution is 2.22. The van der Waals surface area contributed by atoms with Crippen LogP contribution >= 0.6 is 0 Å². The van der Waals surface area contributed by atoms with E-state index in [1.165, 1.54) is 0 Å². The smallest absolute Gasteiger partial charge is 0.251 e. The number of carbonyl (C=O) groups excluding carboxylic acids is 3. The van der Waals surface area contributed by atoms with Gasteiger partial charge in [-0.2, -0.15) is 0 Å². The average molecular weight is 386 g/mol. The average Bonchev–Trinajstić information content (AvgIpc) is 2.74. The second-order valence-corrected chi connectivity index (χ2v) is 8.22. The third-order valence-electron chi connectivity index (χ3n) is 5.75. The number of benzene rings is 1. The van der Waals surface area contributed by atoms with Gasteiger partial charge in [-0.25, -0.2) is 0 Å². The van der Waals surface area contributed by atoms with E-state index in [-0.39, 0.29) is 35.6 Å². The van der Waals surface area contributed by atoms with Crippen LogP contribution < -0.4 is 5.32 Å². The molecule has 1 aromatic rings. The van der Waals surface area contributed by atoms with Crippen LogP contribution in [0.1, 0.15) is 49.9 Å². The third-order valence-corrected chi connectivity index (χ3v) is 5.75. The molecule has 1 unspecified atom stereocenters. The normalized spacial score (nSPS) is 20.9. The standard InChI is InChI=1S/C22H31N3O3/c1-16(2)21(27)25-12-6-9-18(15-25)22(28)24-13-10-19(11-14-24)23-20(26)17-7-4-3-5-8-17/h3-5,7-8,16,18-19H,6,9-15H2,1-2H3,(H,23,26). The minimum Gasteiger partial charge on any atom is -0.349 e. The Morgan fingerprint density at radius 3 is 2.29 bits per heavy atom. The first-order chi connectivity index (χ1) is 13.5. The van der Waals surface area contributed by atoms with Gasteiger partial charge in [0.2, 0.25) is 11.8 Å². The van der Waals surface area contributed by atoms with E-state index in [1.807, 2.05) is 41.8 Å². The highest BCUT2D eigenvalue weighted by atomic mass is 16.2. The molecule has 1 N–H and O–H groups in total. The Hall–Kier alpha value is -2.37. The molecular weight excluding hydrogens is 354 g/mol. The van der Waals surface area contributed by atoms with Gasteiger partial charge in [0.1, 0.15) is 0 Å². The zero-order valence-corrected chi connectivity index (χ0v) is 16.9. The van der Waals surface area contributed by atoms with Gasteiger partial charge in [-0.1, -0.05) is 32.0 Å². The Labute approximate surface area is 167 Å². The number of amides is 3. The molecule has 0 aromatic heterocycles. The fraction of sp³-hybridized carbons (Fsp3) is 0.591. The van der Waals surface area contributed by atoms with Crippen molar-refractivity contribution in [2.24, 2.45) is 11.8 Å². The molecule has 28 heavy (non-hydrogen) atoms. The highest BCUT2D eigenvalue weighted by molar-refractivity contribution is 5.94. The molecule has 0 aliphatic carbocycles. The number of hydrogen-bond donors (Lipinski definition) is 1. The Kier molecular flexibility index (Phi) is 6.70. The first kappa shape index (κ1) is 20.4. The second kappa shape index (κ2) is 9.22. The van der Waals surface area contributed by atoms with Gasteiger partial charge in [-0.15, -0.1) is 0 Å². The molecule has 6 heteroatoms. The zero-order chi connectivity index (χ0) is 20.1. The summed E-state index contributed by atoms with van der Waals surface area (Å²) in [5.41, 5.74) is 0.665. The molecule has 0 spiro atoms. The van der Waals surface area contributed by atoms with Crippen molar-refractivity contribution in [3.05, 3.63) is 35.9 Å². The van der Waals surface area contributed by atoms with Crippen LogP contribution in [0.2, 0.25) is 0 Å². The molecule has 1 aromatic carbocycles. The summed E-state index contributed by atoms with van der Waals surface area (Å²) >= 11 is 0. The molecule has 2 saturated heterocycles. The van der Waals surface area contributed by atoms with Crippen LogP contribution in [0.3, 0.4) is 0 Å². The van der Waals surface area contributed by atoms with E-state index in [9.17, 15) is 14.4 Å². The molecule has 0 bridgehead atoms. The topological polar surface area (TPSA) is 69.7 Å². The summed E-state index contributed by atoms with van der Waals surface area (Å²) in [6.07, 6.45) is 3.28. The molecule has 3 rings (SSSR count). The number of piperidine rings is 2. The first-order valence-corrected chi connectivity index (χ1v) is 10.4. The molecule has 0 saturated carbocycles. The van der Waals surface area contributed by atoms with Gasteiger partial charge in [-0.3, -0.25) is 14.4 Å². The number of hydrogen-bond acceptors (Lipinski definition) is 3. The fourth-order valence-electron chi connectivity index (χ4n) is 4.10. The van der Waals surface area contributed by atoms with Gasteiger partial charge >= 0.3 is 0 Å². The summed E-state index contributed by atoms with van der Waals surface area (Å²) in [6.45, 7) is 6.43. The zero-order valence-electron chi connectivity index (χ0n) is 16.9. The predicted octanol–water partition coefficient (Wildman–Crippen LogP) is 2.30. The summed E-state index contributed by atoms with van der Waals surface area (Å²) < 4.78 is 0. The van der Waals surface area contributed by atoms with Crippen molar-refractivity contribution < 1.29 is 14.4 Å². The predicted molar refractivity (Wildman–Crippen MR) is 108 cm³/mol. The lowest BCUT2D eigenvalue weighted by molar-refractivity contribution is -0.143. The lowest BCUT2D eigenvalue weighted by atomic mass is 9.94. The van der Waals surface area contributed by atoms with Crippen LogP contribution in [0.25, 0.3) is 0 Å². The number of likely N-dealkylation sites (tertiary alicyclic amines) is 2. The van der Waals surface area contributed by atoms with Crippen LogP contribution in [-0.4, -0.2) is 59.7 Å². The lowest BCUT2D eigenvalue weighted by Crippen LogP contribution is -2.51. The molecule has 3 amide bonds. The highest BCUT2D eigenvalue weighted by Gasteiger charge is 2.33. The number of rotatable bonds is 4. The molecule has 2 aliphatic heterocycles. The van der Waals surface area contributed by atoms with Gasteiger partial charge in [0.25, 0.3) is 5.91 Å². The van der Waals surface area contributed by atoms with Gasteiger partial charge in [0.05, 0.1) is 5.92 Å². The van der Waals surface area contributed by atoms with E-state index in [2.05, 4.69) is 5.32 Å². The summed E-state index contributed by atoms with van der Waals surface area (Å²) in [6, 6.07) is 9.31. The van der Waals surface area contributed by atoms with E-state index < -0.39 is 0 Å². The molecular formula is C22H31N3O3. The molecule has 2 heterocycles. The summed E-state index contributed by atoms with van der Waals surface area (Å²) in [4.78, 5) is 41.3. The van der Waals surface area contributed by atoms with Gasteiger partial charge < -0.3 is 15.1 Å². The van der Waals surface area contributed by atoms with Crippen LogP contribution in [0.4, 0.5) is 0 Å². The van der Waals surface area contributed by atoms with Gasteiger partial charge in [0.15, 0.2) is 0 Å². The van der Waals surface area contributed by atoms with Crippen molar-refractivity contribution >= 4 is 17.7 Å². The summed E-state index contributed by atoms with van der Waals surface area (Å²) in [5.74, 6) is 0.124. The Morgan fingerprint density at radius 2 is 1.64 bits per heavy atom. The van der Waals surface area contributed by atoms with E-state index >= 15 is 0 Å².